The minimum atomic E-state index is -0.527. The third-order valence-corrected chi connectivity index (χ3v) is 3.72. The van der Waals surface area contributed by atoms with E-state index in [0.29, 0.717) is 23.0 Å². The van der Waals surface area contributed by atoms with Crippen LogP contribution in [0.1, 0.15) is 21.5 Å². The topological polar surface area (TPSA) is 63.2 Å². The molecule has 25 heavy (non-hydrogen) atoms. The van der Waals surface area contributed by atoms with E-state index in [-0.39, 0.29) is 12.2 Å². The van der Waals surface area contributed by atoms with Crippen LogP contribution in [0.25, 0.3) is 0 Å². The molecule has 0 aliphatic carbocycles. The lowest BCUT2D eigenvalue weighted by molar-refractivity contribution is 0.0466. The van der Waals surface area contributed by atoms with Crippen molar-refractivity contribution >= 4 is 5.97 Å². The van der Waals surface area contributed by atoms with Crippen LogP contribution in [0.5, 0.6) is 23.0 Å². The van der Waals surface area contributed by atoms with Crippen LogP contribution in [0.3, 0.4) is 0 Å². The van der Waals surface area contributed by atoms with E-state index in [1.54, 1.807) is 13.2 Å². The molecule has 0 aliphatic rings. The second kappa shape index (κ2) is 8.28. The van der Waals surface area contributed by atoms with Crippen molar-refractivity contribution < 1.29 is 28.5 Å². The van der Waals surface area contributed by atoms with Gasteiger partial charge in [-0.3, -0.25) is 0 Å². The zero-order valence-corrected chi connectivity index (χ0v) is 15.0. The minimum Gasteiger partial charge on any atom is -0.496 e. The highest BCUT2D eigenvalue weighted by Gasteiger charge is 2.19. The molecule has 0 aliphatic heterocycles. The van der Waals surface area contributed by atoms with Crippen molar-refractivity contribution in [3.05, 3.63) is 47.0 Å². The van der Waals surface area contributed by atoms with Crippen molar-refractivity contribution in [1.29, 1.82) is 0 Å². The molecule has 2 rings (SSSR count). The number of aryl methyl sites for hydroxylation is 1. The van der Waals surface area contributed by atoms with Gasteiger partial charge in [-0.2, -0.15) is 0 Å². The Hall–Kier alpha value is -2.89. The molecule has 6 nitrogen and oxygen atoms in total. The zero-order chi connectivity index (χ0) is 18.4. The van der Waals surface area contributed by atoms with Crippen molar-refractivity contribution in [2.75, 3.05) is 28.4 Å². The van der Waals surface area contributed by atoms with Gasteiger partial charge in [0.1, 0.15) is 23.7 Å². The Balaban J connectivity index is 2.25. The number of hydrogen-bond acceptors (Lipinski definition) is 6. The van der Waals surface area contributed by atoms with Crippen LogP contribution in [0, 0.1) is 6.92 Å². The third kappa shape index (κ3) is 4.15. The lowest BCUT2D eigenvalue weighted by atomic mass is 10.1. The molecule has 0 saturated heterocycles. The van der Waals surface area contributed by atoms with Gasteiger partial charge in [0, 0.05) is 17.7 Å². The Morgan fingerprint density at radius 2 is 1.40 bits per heavy atom. The van der Waals surface area contributed by atoms with E-state index in [4.69, 9.17) is 23.7 Å². The van der Waals surface area contributed by atoms with Gasteiger partial charge in [-0.15, -0.1) is 0 Å². The lowest BCUT2D eigenvalue weighted by Crippen LogP contribution is -2.09. The second-order valence-electron chi connectivity index (χ2n) is 5.30. The number of carbonyl (C=O) groups excluding carboxylic acids is 1. The first-order valence-corrected chi connectivity index (χ1v) is 7.64. The lowest BCUT2D eigenvalue weighted by Gasteiger charge is -2.14. The van der Waals surface area contributed by atoms with Gasteiger partial charge in [0.05, 0.1) is 28.4 Å². The van der Waals surface area contributed by atoms with Gasteiger partial charge in [0.2, 0.25) is 0 Å². The number of rotatable bonds is 7. The summed E-state index contributed by atoms with van der Waals surface area (Å²) in [5.41, 5.74) is 2.10. The quantitative estimate of drug-likeness (QED) is 0.716. The number of carbonyl (C=O) groups is 1. The standard InChI is InChI=1S/C19H22O6/c1-12-6-7-15(21-2)13(8-12)11-25-19(20)14-9-17(23-4)18(24-5)10-16(14)22-3/h6-10H,11H2,1-5H3. The van der Waals surface area contributed by atoms with Crippen LogP contribution in [-0.2, 0) is 11.3 Å². The van der Waals surface area contributed by atoms with Crippen molar-refractivity contribution in [2.45, 2.75) is 13.5 Å². The number of methoxy groups -OCH3 is 4. The van der Waals surface area contributed by atoms with Crippen LogP contribution in [0.15, 0.2) is 30.3 Å². The Morgan fingerprint density at radius 1 is 0.800 bits per heavy atom. The van der Waals surface area contributed by atoms with Gasteiger partial charge in [-0.25, -0.2) is 4.79 Å². The van der Waals surface area contributed by atoms with Crippen LogP contribution in [0.2, 0.25) is 0 Å². The molecule has 0 bridgehead atoms. The summed E-state index contributed by atoms with van der Waals surface area (Å²) in [6.45, 7) is 2.04. The molecular formula is C19H22O6. The molecule has 0 radical (unpaired) electrons. The zero-order valence-electron chi connectivity index (χ0n) is 15.0. The molecular weight excluding hydrogens is 324 g/mol. The summed E-state index contributed by atoms with van der Waals surface area (Å²) in [6, 6.07) is 8.81. The summed E-state index contributed by atoms with van der Waals surface area (Å²) in [6.07, 6.45) is 0. The molecule has 0 spiro atoms. The first-order valence-electron chi connectivity index (χ1n) is 7.64. The van der Waals surface area contributed by atoms with Gasteiger partial charge in [-0.05, 0) is 19.1 Å². The maximum Gasteiger partial charge on any atom is 0.342 e. The van der Waals surface area contributed by atoms with E-state index in [1.807, 2.05) is 25.1 Å². The predicted octanol–water partition coefficient (Wildman–Crippen LogP) is 3.39. The highest BCUT2D eigenvalue weighted by atomic mass is 16.5. The molecule has 0 amide bonds. The number of benzene rings is 2. The molecule has 0 N–H and O–H groups in total. The van der Waals surface area contributed by atoms with Crippen molar-refractivity contribution in [3.8, 4) is 23.0 Å². The third-order valence-electron chi connectivity index (χ3n) is 3.72. The number of hydrogen-bond donors (Lipinski definition) is 0. The maximum absolute atomic E-state index is 12.5. The van der Waals surface area contributed by atoms with Crippen LogP contribution < -0.4 is 18.9 Å². The van der Waals surface area contributed by atoms with Gasteiger partial charge in [0.25, 0.3) is 0 Å². The van der Waals surface area contributed by atoms with Gasteiger partial charge < -0.3 is 23.7 Å². The van der Waals surface area contributed by atoms with Gasteiger partial charge in [-0.1, -0.05) is 11.6 Å². The number of ether oxygens (including phenoxy) is 5. The minimum absolute atomic E-state index is 0.0845. The number of esters is 1. The van der Waals surface area contributed by atoms with E-state index in [0.717, 1.165) is 11.1 Å². The molecule has 0 aromatic heterocycles. The van der Waals surface area contributed by atoms with E-state index < -0.39 is 5.97 Å². The molecule has 0 unspecified atom stereocenters. The average Bonchev–Trinajstić information content (AvgIpc) is 2.64. The van der Waals surface area contributed by atoms with Crippen molar-refractivity contribution in [1.82, 2.24) is 0 Å². The SMILES string of the molecule is COc1ccc(C)cc1COC(=O)c1cc(OC)c(OC)cc1OC. The molecule has 6 heteroatoms. The molecule has 2 aromatic rings. The van der Waals surface area contributed by atoms with E-state index >= 15 is 0 Å². The summed E-state index contributed by atoms with van der Waals surface area (Å²) >= 11 is 0. The average molecular weight is 346 g/mol. The summed E-state index contributed by atoms with van der Waals surface area (Å²) in [4.78, 5) is 12.5. The Bertz CT molecular complexity index is 754. The summed E-state index contributed by atoms with van der Waals surface area (Å²) in [5, 5.41) is 0. The summed E-state index contributed by atoms with van der Waals surface area (Å²) in [5.74, 6) is 1.37. The fraction of sp³-hybridized carbons (Fsp3) is 0.316. The maximum atomic E-state index is 12.5. The largest absolute Gasteiger partial charge is 0.496 e. The van der Waals surface area contributed by atoms with Crippen LogP contribution >= 0.6 is 0 Å². The first kappa shape index (κ1) is 18.4. The van der Waals surface area contributed by atoms with Gasteiger partial charge in [0.15, 0.2) is 11.5 Å². The Kier molecular flexibility index (Phi) is 6.11. The van der Waals surface area contributed by atoms with Gasteiger partial charge >= 0.3 is 5.97 Å². The molecule has 134 valence electrons. The van der Waals surface area contributed by atoms with Crippen molar-refractivity contribution in [3.63, 3.8) is 0 Å². The van der Waals surface area contributed by atoms with E-state index in [9.17, 15) is 4.79 Å². The van der Waals surface area contributed by atoms with E-state index in [2.05, 4.69) is 0 Å². The molecule has 0 atom stereocenters. The fourth-order valence-electron chi connectivity index (χ4n) is 2.43. The van der Waals surface area contributed by atoms with Crippen molar-refractivity contribution in [2.24, 2.45) is 0 Å². The Morgan fingerprint density at radius 3 is 2.00 bits per heavy atom. The molecule has 2 aromatic carbocycles. The smallest absolute Gasteiger partial charge is 0.342 e. The summed E-state index contributed by atoms with van der Waals surface area (Å²) in [7, 11) is 6.06. The van der Waals surface area contributed by atoms with Crippen LogP contribution in [0.4, 0.5) is 0 Å². The predicted molar refractivity (Wildman–Crippen MR) is 92.9 cm³/mol. The highest BCUT2D eigenvalue weighted by molar-refractivity contribution is 5.93. The monoisotopic (exact) mass is 346 g/mol. The second-order valence-corrected chi connectivity index (χ2v) is 5.30. The fourth-order valence-corrected chi connectivity index (χ4v) is 2.43. The first-order chi connectivity index (χ1) is 12.0. The molecule has 0 saturated carbocycles. The van der Waals surface area contributed by atoms with E-state index in [1.165, 1.54) is 27.4 Å². The summed E-state index contributed by atoms with van der Waals surface area (Å²) < 4.78 is 26.4. The Labute approximate surface area is 147 Å². The molecule has 0 heterocycles. The molecule has 0 fully saturated rings. The highest BCUT2D eigenvalue weighted by Crippen LogP contribution is 2.35. The normalized spacial score (nSPS) is 10.1. The van der Waals surface area contributed by atoms with Crippen LogP contribution in [-0.4, -0.2) is 34.4 Å².